The fourth-order valence-corrected chi connectivity index (χ4v) is 1.18. The molecule has 13 heavy (non-hydrogen) atoms. The fourth-order valence-electron chi connectivity index (χ4n) is 1.18. The Balaban J connectivity index is 2.24. The predicted molar refractivity (Wildman–Crippen MR) is 51.9 cm³/mol. The minimum Gasteiger partial charge on any atom is -0.382 e. The smallest absolute Gasteiger partial charge is 0.0607 e. The maximum absolute atomic E-state index is 8.32. The zero-order valence-corrected chi connectivity index (χ0v) is 7.14. The van der Waals surface area contributed by atoms with E-state index in [1.807, 2.05) is 24.3 Å². The molecule has 0 unspecified atom stereocenters. The summed E-state index contributed by atoms with van der Waals surface area (Å²) in [4.78, 5) is 2.78. The van der Waals surface area contributed by atoms with Gasteiger partial charge in [-0.15, -0.1) is 0 Å². The summed E-state index contributed by atoms with van der Waals surface area (Å²) >= 11 is 0. The maximum atomic E-state index is 8.32. The SMILES string of the molecule is [N-]=[N+]=Nc1ccccc1NC1CC1. The second kappa shape index (κ2) is 3.37. The Bertz CT molecular complexity index is 350. The fraction of sp³-hybridized carbons (Fsp3) is 0.333. The largest absolute Gasteiger partial charge is 0.382 e. The molecule has 1 saturated carbocycles. The minimum atomic E-state index is 0.579. The zero-order chi connectivity index (χ0) is 9.10. The van der Waals surface area contributed by atoms with Crippen molar-refractivity contribution in [3.05, 3.63) is 34.7 Å². The number of nitrogens with zero attached hydrogens (tertiary/aromatic N) is 3. The van der Waals surface area contributed by atoms with E-state index in [0.29, 0.717) is 11.7 Å². The standard InChI is InChI=1S/C9H10N4/c10-13-12-9-4-2-1-3-8(9)11-7-5-6-7/h1-4,7,11H,5-6H2. The Labute approximate surface area is 76.2 Å². The van der Waals surface area contributed by atoms with Gasteiger partial charge in [-0.2, -0.15) is 0 Å². The van der Waals surface area contributed by atoms with Crippen molar-refractivity contribution >= 4 is 11.4 Å². The van der Waals surface area contributed by atoms with Crippen LogP contribution in [0.3, 0.4) is 0 Å². The van der Waals surface area contributed by atoms with Gasteiger partial charge in [0, 0.05) is 16.6 Å². The van der Waals surface area contributed by atoms with Crippen molar-refractivity contribution in [2.45, 2.75) is 18.9 Å². The van der Waals surface area contributed by atoms with Crippen LogP contribution in [0.2, 0.25) is 0 Å². The quantitative estimate of drug-likeness (QED) is 0.427. The van der Waals surface area contributed by atoms with E-state index in [9.17, 15) is 0 Å². The van der Waals surface area contributed by atoms with E-state index in [4.69, 9.17) is 5.53 Å². The first kappa shape index (κ1) is 7.95. The molecule has 1 fully saturated rings. The van der Waals surface area contributed by atoms with E-state index in [-0.39, 0.29) is 0 Å². The van der Waals surface area contributed by atoms with Gasteiger partial charge in [0.1, 0.15) is 0 Å². The molecule has 0 aromatic heterocycles. The lowest BCUT2D eigenvalue weighted by Gasteiger charge is -2.06. The van der Waals surface area contributed by atoms with Gasteiger partial charge in [0.15, 0.2) is 0 Å². The average Bonchev–Trinajstić information content (AvgIpc) is 2.93. The summed E-state index contributed by atoms with van der Waals surface area (Å²) in [6, 6.07) is 8.12. The normalized spacial score (nSPS) is 14.8. The molecule has 0 spiro atoms. The molecule has 66 valence electrons. The lowest BCUT2D eigenvalue weighted by atomic mass is 10.2. The van der Waals surface area contributed by atoms with Crippen LogP contribution in [0.4, 0.5) is 11.4 Å². The van der Waals surface area contributed by atoms with Crippen molar-refractivity contribution in [3.63, 3.8) is 0 Å². The van der Waals surface area contributed by atoms with Crippen LogP contribution < -0.4 is 5.32 Å². The molecule has 0 atom stereocenters. The third-order valence-corrected chi connectivity index (χ3v) is 1.99. The molecule has 1 aliphatic rings. The molecule has 0 saturated heterocycles. The highest BCUT2D eigenvalue weighted by Gasteiger charge is 2.21. The van der Waals surface area contributed by atoms with E-state index in [1.54, 1.807) is 0 Å². The molecule has 1 N–H and O–H groups in total. The second-order valence-corrected chi connectivity index (χ2v) is 3.13. The molecule has 0 aliphatic heterocycles. The van der Waals surface area contributed by atoms with Crippen LogP contribution in [0, 0.1) is 0 Å². The van der Waals surface area contributed by atoms with Crippen LogP contribution in [-0.4, -0.2) is 6.04 Å². The Hall–Kier alpha value is -1.67. The third-order valence-electron chi connectivity index (χ3n) is 1.99. The number of hydrogen-bond acceptors (Lipinski definition) is 2. The number of azide groups is 1. The van der Waals surface area contributed by atoms with Crippen LogP contribution in [0.5, 0.6) is 0 Å². The number of nitrogens with one attached hydrogen (secondary N) is 1. The summed E-state index contributed by atoms with van der Waals surface area (Å²) in [5, 5.41) is 6.91. The summed E-state index contributed by atoms with van der Waals surface area (Å²) < 4.78 is 0. The Morgan fingerprint density at radius 2 is 2.15 bits per heavy atom. The lowest BCUT2D eigenvalue weighted by molar-refractivity contribution is 1.15. The number of benzene rings is 1. The van der Waals surface area contributed by atoms with Crippen LogP contribution in [0.25, 0.3) is 10.4 Å². The molecule has 0 heterocycles. The van der Waals surface area contributed by atoms with Crippen LogP contribution in [0.15, 0.2) is 29.4 Å². The highest BCUT2D eigenvalue weighted by Crippen LogP contribution is 2.30. The number of rotatable bonds is 3. The van der Waals surface area contributed by atoms with Gasteiger partial charge in [0.2, 0.25) is 0 Å². The minimum absolute atomic E-state index is 0.579. The molecular formula is C9H10N4. The number of hydrogen-bond donors (Lipinski definition) is 1. The Kier molecular flexibility index (Phi) is 2.06. The molecular weight excluding hydrogens is 164 g/mol. The topological polar surface area (TPSA) is 60.8 Å². The van der Waals surface area contributed by atoms with E-state index < -0.39 is 0 Å². The van der Waals surface area contributed by atoms with E-state index in [0.717, 1.165) is 5.69 Å². The number of para-hydroxylation sites is 1. The first-order chi connectivity index (χ1) is 6.40. The first-order valence-corrected chi connectivity index (χ1v) is 4.31. The Morgan fingerprint density at radius 3 is 2.85 bits per heavy atom. The molecule has 1 aromatic rings. The molecule has 0 amide bonds. The van der Waals surface area contributed by atoms with Crippen molar-refractivity contribution < 1.29 is 0 Å². The van der Waals surface area contributed by atoms with Gasteiger partial charge < -0.3 is 5.32 Å². The van der Waals surface area contributed by atoms with Gasteiger partial charge in [0.25, 0.3) is 0 Å². The third kappa shape index (κ3) is 1.92. The first-order valence-electron chi connectivity index (χ1n) is 4.31. The highest BCUT2D eigenvalue weighted by molar-refractivity contribution is 5.65. The van der Waals surface area contributed by atoms with Gasteiger partial charge in [-0.3, -0.25) is 0 Å². The molecule has 4 nitrogen and oxygen atoms in total. The maximum Gasteiger partial charge on any atom is 0.0607 e. The molecule has 0 radical (unpaired) electrons. The molecule has 0 bridgehead atoms. The summed E-state index contributed by atoms with van der Waals surface area (Å²) in [5.74, 6) is 0. The van der Waals surface area contributed by atoms with Gasteiger partial charge in [0.05, 0.1) is 5.69 Å². The van der Waals surface area contributed by atoms with Crippen molar-refractivity contribution in [2.24, 2.45) is 5.11 Å². The van der Waals surface area contributed by atoms with Crippen LogP contribution >= 0.6 is 0 Å². The lowest BCUT2D eigenvalue weighted by Crippen LogP contribution is -2.00. The van der Waals surface area contributed by atoms with Crippen molar-refractivity contribution in [1.29, 1.82) is 0 Å². The Morgan fingerprint density at radius 1 is 1.38 bits per heavy atom. The van der Waals surface area contributed by atoms with Crippen molar-refractivity contribution in [2.75, 3.05) is 5.32 Å². The summed E-state index contributed by atoms with van der Waals surface area (Å²) in [5.41, 5.74) is 9.94. The predicted octanol–water partition coefficient (Wildman–Crippen LogP) is 3.20. The van der Waals surface area contributed by atoms with Crippen molar-refractivity contribution in [3.8, 4) is 0 Å². The highest BCUT2D eigenvalue weighted by atomic mass is 15.1. The van der Waals surface area contributed by atoms with E-state index in [1.165, 1.54) is 12.8 Å². The van der Waals surface area contributed by atoms with Gasteiger partial charge in [-0.25, -0.2) is 0 Å². The molecule has 4 heteroatoms. The monoisotopic (exact) mass is 174 g/mol. The van der Waals surface area contributed by atoms with Crippen LogP contribution in [0.1, 0.15) is 12.8 Å². The zero-order valence-electron chi connectivity index (χ0n) is 7.14. The van der Waals surface area contributed by atoms with E-state index >= 15 is 0 Å². The summed E-state index contributed by atoms with van der Waals surface area (Å²) in [7, 11) is 0. The molecule has 1 aromatic carbocycles. The van der Waals surface area contributed by atoms with Crippen molar-refractivity contribution in [1.82, 2.24) is 0 Å². The number of anilines is 1. The van der Waals surface area contributed by atoms with Gasteiger partial charge in [-0.1, -0.05) is 23.3 Å². The van der Waals surface area contributed by atoms with Crippen LogP contribution in [-0.2, 0) is 0 Å². The van der Waals surface area contributed by atoms with E-state index in [2.05, 4.69) is 15.3 Å². The molecule has 2 rings (SSSR count). The molecule has 1 aliphatic carbocycles. The van der Waals surface area contributed by atoms with Gasteiger partial charge in [-0.05, 0) is 24.4 Å². The summed E-state index contributed by atoms with van der Waals surface area (Å²) in [6.45, 7) is 0. The van der Waals surface area contributed by atoms with Gasteiger partial charge >= 0.3 is 0 Å². The second-order valence-electron chi connectivity index (χ2n) is 3.13. The summed E-state index contributed by atoms with van der Waals surface area (Å²) in [6.07, 6.45) is 2.43. The average molecular weight is 174 g/mol.